The van der Waals surface area contributed by atoms with Crippen LogP contribution in [-0.4, -0.2) is 19.5 Å². The number of benzene rings is 1. The summed E-state index contributed by atoms with van der Waals surface area (Å²) < 4.78 is 24.7. The molecule has 0 atom stereocenters. The molecule has 3 nitrogen and oxygen atoms in total. The van der Waals surface area contributed by atoms with E-state index in [9.17, 15) is 9.18 Å². The van der Waals surface area contributed by atoms with Crippen LogP contribution >= 0.6 is 0 Å². The van der Waals surface area contributed by atoms with Crippen LogP contribution in [0.1, 0.15) is 22.3 Å². The molecular formula is C17H15FO3. The summed E-state index contributed by atoms with van der Waals surface area (Å²) in [5.74, 6) is -0.0776. The monoisotopic (exact) mass is 286 g/mol. The van der Waals surface area contributed by atoms with Crippen molar-refractivity contribution in [2.24, 2.45) is 0 Å². The minimum Gasteiger partial charge on any atom is -0.501 e. The Bertz CT molecular complexity index is 683. The highest BCUT2D eigenvalue weighted by Crippen LogP contribution is 2.29. The number of allylic oxidation sites excluding steroid dienone is 3. The van der Waals surface area contributed by atoms with Crippen molar-refractivity contribution in [3.8, 4) is 0 Å². The molecule has 1 heterocycles. The van der Waals surface area contributed by atoms with Crippen LogP contribution in [0.5, 0.6) is 0 Å². The van der Waals surface area contributed by atoms with Crippen LogP contribution in [0.3, 0.4) is 0 Å². The van der Waals surface area contributed by atoms with Crippen LogP contribution in [0, 0.1) is 0 Å². The fourth-order valence-corrected chi connectivity index (χ4v) is 2.54. The second-order valence-corrected chi connectivity index (χ2v) is 5.00. The van der Waals surface area contributed by atoms with Gasteiger partial charge in [0.2, 0.25) is 0 Å². The van der Waals surface area contributed by atoms with Gasteiger partial charge < -0.3 is 9.47 Å². The fourth-order valence-electron chi connectivity index (χ4n) is 2.54. The number of halogens is 1. The minimum atomic E-state index is -0.389. The smallest absolute Gasteiger partial charge is 0.193 e. The van der Waals surface area contributed by atoms with Crippen LogP contribution in [0.15, 0.2) is 59.1 Å². The maximum Gasteiger partial charge on any atom is 0.193 e. The number of Topliss-reactive ketones (excluding diaryl/α,β-unsaturated/α-hetero) is 1. The molecule has 1 aromatic carbocycles. The Balaban J connectivity index is 2.16. The number of rotatable bonds is 1. The largest absolute Gasteiger partial charge is 0.501 e. The average Bonchev–Trinajstić information content (AvgIpc) is 2.64. The van der Waals surface area contributed by atoms with E-state index in [-0.39, 0.29) is 24.6 Å². The Labute approximate surface area is 122 Å². The summed E-state index contributed by atoms with van der Waals surface area (Å²) >= 11 is 0. The van der Waals surface area contributed by atoms with Crippen molar-refractivity contribution in [1.29, 1.82) is 0 Å². The predicted octanol–water partition coefficient (Wildman–Crippen LogP) is 3.48. The molecule has 0 radical (unpaired) electrons. The van der Waals surface area contributed by atoms with E-state index >= 15 is 0 Å². The van der Waals surface area contributed by atoms with Crippen LogP contribution < -0.4 is 0 Å². The van der Waals surface area contributed by atoms with Crippen LogP contribution in [0.25, 0.3) is 0 Å². The van der Waals surface area contributed by atoms with Gasteiger partial charge in [-0.1, -0.05) is 24.3 Å². The molecule has 0 bridgehead atoms. The maximum absolute atomic E-state index is 13.9. The highest BCUT2D eigenvalue weighted by molar-refractivity contribution is 6.12. The van der Waals surface area contributed by atoms with Crippen molar-refractivity contribution in [2.45, 2.75) is 13.0 Å². The quantitative estimate of drug-likeness (QED) is 0.793. The highest BCUT2D eigenvalue weighted by atomic mass is 19.1. The second kappa shape index (κ2) is 5.66. The zero-order valence-corrected chi connectivity index (χ0v) is 11.7. The van der Waals surface area contributed by atoms with E-state index in [4.69, 9.17) is 9.47 Å². The first kappa shape index (κ1) is 13.8. The summed E-state index contributed by atoms with van der Waals surface area (Å²) in [6.45, 7) is 0.618. The lowest BCUT2D eigenvalue weighted by Crippen LogP contribution is -2.14. The molecule has 0 spiro atoms. The average molecular weight is 286 g/mol. The maximum atomic E-state index is 13.9. The van der Waals surface area contributed by atoms with Crippen molar-refractivity contribution in [1.82, 2.24) is 0 Å². The van der Waals surface area contributed by atoms with Crippen molar-refractivity contribution in [3.05, 3.63) is 70.3 Å². The van der Waals surface area contributed by atoms with E-state index < -0.39 is 0 Å². The minimum absolute atomic E-state index is 0.0540. The van der Waals surface area contributed by atoms with Gasteiger partial charge in [0.15, 0.2) is 5.78 Å². The molecule has 0 saturated carbocycles. The van der Waals surface area contributed by atoms with Gasteiger partial charge in [-0.3, -0.25) is 4.79 Å². The van der Waals surface area contributed by atoms with E-state index in [0.29, 0.717) is 29.1 Å². The van der Waals surface area contributed by atoms with Gasteiger partial charge in [-0.25, -0.2) is 4.39 Å². The van der Waals surface area contributed by atoms with Gasteiger partial charge in [0.1, 0.15) is 11.6 Å². The standard InChI is InChI=1S/C17H15FO3/c1-20-14-6-12-10-21-9-11-4-2-3-5-15(11)17(19)16(12)8-13(18)7-14/h2-6,8H,7,9-10H2,1H3. The first-order chi connectivity index (χ1) is 10.2. The van der Waals surface area contributed by atoms with Gasteiger partial charge in [-0.05, 0) is 23.3 Å². The number of carbonyl (C=O) groups excluding carboxylic acids is 1. The molecule has 0 aromatic heterocycles. The lowest BCUT2D eigenvalue weighted by atomic mass is 9.94. The molecule has 21 heavy (non-hydrogen) atoms. The Morgan fingerprint density at radius 1 is 1.19 bits per heavy atom. The molecule has 1 aliphatic carbocycles. The molecule has 2 aliphatic rings. The van der Waals surface area contributed by atoms with Crippen molar-refractivity contribution in [3.63, 3.8) is 0 Å². The molecule has 0 amide bonds. The number of hydrogen-bond donors (Lipinski definition) is 0. The fraction of sp³-hybridized carbons (Fsp3) is 0.235. The normalized spacial score (nSPS) is 18.7. The number of fused-ring (bicyclic) bond motifs is 1. The second-order valence-electron chi connectivity index (χ2n) is 5.00. The molecule has 1 aromatic rings. The molecule has 108 valence electrons. The third-order valence-corrected chi connectivity index (χ3v) is 3.61. The number of ketones is 1. The molecule has 0 fully saturated rings. The van der Waals surface area contributed by atoms with Crippen LogP contribution in [0.4, 0.5) is 4.39 Å². The molecular weight excluding hydrogens is 271 g/mol. The summed E-state index contributed by atoms with van der Waals surface area (Å²) in [6, 6.07) is 7.26. The molecule has 4 heteroatoms. The van der Waals surface area contributed by atoms with Crippen LogP contribution in [-0.2, 0) is 16.1 Å². The Kier molecular flexibility index (Phi) is 3.71. The third kappa shape index (κ3) is 2.67. The molecule has 0 unspecified atom stereocenters. The lowest BCUT2D eigenvalue weighted by molar-refractivity contribution is 0.101. The highest BCUT2D eigenvalue weighted by Gasteiger charge is 2.23. The lowest BCUT2D eigenvalue weighted by Gasteiger charge is -2.16. The Hall–Kier alpha value is -2.20. The topological polar surface area (TPSA) is 35.5 Å². The van der Waals surface area contributed by atoms with Gasteiger partial charge in [-0.2, -0.15) is 0 Å². The van der Waals surface area contributed by atoms with Crippen molar-refractivity contribution < 1.29 is 18.7 Å². The first-order valence-electron chi connectivity index (χ1n) is 6.73. The Morgan fingerprint density at radius 2 is 2.00 bits per heavy atom. The van der Waals surface area contributed by atoms with Gasteiger partial charge in [0.05, 0.1) is 26.7 Å². The van der Waals surface area contributed by atoms with E-state index in [0.717, 1.165) is 5.56 Å². The number of carbonyl (C=O) groups is 1. The van der Waals surface area contributed by atoms with E-state index in [1.54, 1.807) is 18.2 Å². The summed E-state index contributed by atoms with van der Waals surface area (Å²) in [5.41, 5.74) is 2.37. The van der Waals surface area contributed by atoms with Crippen molar-refractivity contribution >= 4 is 5.78 Å². The van der Waals surface area contributed by atoms with E-state index in [1.165, 1.54) is 13.2 Å². The van der Waals surface area contributed by atoms with Crippen LogP contribution in [0.2, 0.25) is 0 Å². The zero-order chi connectivity index (χ0) is 14.8. The Morgan fingerprint density at radius 3 is 2.81 bits per heavy atom. The SMILES string of the molecule is COC1=CC2=C(C=C(F)C1)C(=O)c1ccccc1COC2. The van der Waals surface area contributed by atoms with Gasteiger partial charge in [0, 0.05) is 11.1 Å². The molecule has 0 N–H and O–H groups in total. The van der Waals surface area contributed by atoms with Gasteiger partial charge >= 0.3 is 0 Å². The number of ether oxygens (including phenoxy) is 2. The summed E-state index contributed by atoms with van der Waals surface area (Å²) in [7, 11) is 1.49. The van der Waals surface area contributed by atoms with Gasteiger partial charge in [-0.15, -0.1) is 0 Å². The first-order valence-corrected chi connectivity index (χ1v) is 6.73. The third-order valence-electron chi connectivity index (χ3n) is 3.61. The van der Waals surface area contributed by atoms with Crippen molar-refractivity contribution in [2.75, 3.05) is 13.7 Å². The molecule has 1 aliphatic heterocycles. The van der Waals surface area contributed by atoms with E-state index in [1.807, 2.05) is 12.1 Å². The summed E-state index contributed by atoms with van der Waals surface area (Å²) in [6.07, 6.45) is 3.05. The van der Waals surface area contributed by atoms with E-state index in [2.05, 4.69) is 0 Å². The predicted molar refractivity (Wildman–Crippen MR) is 76.4 cm³/mol. The van der Waals surface area contributed by atoms with Gasteiger partial charge in [0.25, 0.3) is 0 Å². The number of hydrogen-bond acceptors (Lipinski definition) is 3. The zero-order valence-electron chi connectivity index (χ0n) is 11.7. The summed E-state index contributed by atoms with van der Waals surface area (Å²) in [4.78, 5) is 12.7. The molecule has 3 rings (SSSR count). The number of methoxy groups -OCH3 is 1. The summed E-state index contributed by atoms with van der Waals surface area (Å²) in [5, 5.41) is 0. The molecule has 0 saturated heterocycles.